The fourth-order valence-electron chi connectivity index (χ4n) is 6.26. The zero-order valence-corrected chi connectivity index (χ0v) is 24.5. The number of hydrogen-bond donors (Lipinski definition) is 1. The maximum Gasteiger partial charge on any atom is 0.352 e. The van der Waals surface area contributed by atoms with E-state index in [1.807, 2.05) is 59.6 Å². The highest BCUT2D eigenvalue weighted by Crippen LogP contribution is 2.44. The summed E-state index contributed by atoms with van der Waals surface area (Å²) >= 11 is 6.97. The van der Waals surface area contributed by atoms with Gasteiger partial charge >= 0.3 is 5.97 Å². The van der Waals surface area contributed by atoms with Crippen LogP contribution in [-0.4, -0.2) is 45.6 Å². The van der Waals surface area contributed by atoms with E-state index in [2.05, 4.69) is 30.1 Å². The molecule has 0 atom stereocenters. The number of carboxylic acids is 1. The first-order valence-electron chi connectivity index (χ1n) is 14.3. The highest BCUT2D eigenvalue weighted by molar-refractivity contribution is 6.35. The molecule has 0 amide bonds. The molecule has 6 rings (SSSR count). The third-order valence-electron chi connectivity index (χ3n) is 8.36. The lowest BCUT2D eigenvalue weighted by atomic mass is 9.99. The Morgan fingerprint density at radius 1 is 0.976 bits per heavy atom. The molecule has 41 heavy (non-hydrogen) atoms. The number of aromatic nitrogens is 3. The normalized spacial score (nSPS) is 13.8. The number of hydrogen-bond acceptors (Lipinski definition) is 4. The van der Waals surface area contributed by atoms with Crippen LogP contribution < -0.4 is 9.64 Å². The minimum atomic E-state index is -0.914. The molecule has 3 aromatic carbocycles. The summed E-state index contributed by atoms with van der Waals surface area (Å²) in [4.78, 5) is 15.1. The molecule has 1 aliphatic heterocycles. The highest BCUT2D eigenvalue weighted by Gasteiger charge is 2.29. The zero-order chi connectivity index (χ0) is 28.7. The van der Waals surface area contributed by atoms with Gasteiger partial charge in [0.2, 0.25) is 0 Å². The molecule has 212 valence electrons. The molecule has 3 heterocycles. The third kappa shape index (κ3) is 4.82. The van der Waals surface area contributed by atoms with E-state index in [9.17, 15) is 9.90 Å². The summed E-state index contributed by atoms with van der Waals surface area (Å²) < 4.78 is 10.1. The summed E-state index contributed by atoms with van der Waals surface area (Å²) in [5, 5.41) is 19.1. The number of rotatable bonds is 6. The molecule has 0 spiro atoms. The van der Waals surface area contributed by atoms with E-state index in [1.54, 1.807) is 0 Å². The van der Waals surface area contributed by atoms with Gasteiger partial charge in [0.15, 0.2) is 5.82 Å². The van der Waals surface area contributed by atoms with Crippen molar-refractivity contribution in [3.8, 4) is 16.9 Å². The predicted molar refractivity (Wildman–Crippen MR) is 166 cm³/mol. The van der Waals surface area contributed by atoms with Gasteiger partial charge in [-0.1, -0.05) is 54.1 Å². The Bertz CT molecular complexity index is 1760. The molecule has 1 N–H and O–H groups in total. The minimum absolute atomic E-state index is 0.351. The van der Waals surface area contributed by atoms with Crippen LogP contribution in [0.2, 0.25) is 5.02 Å². The first-order valence-corrected chi connectivity index (χ1v) is 14.7. The second-order valence-corrected chi connectivity index (χ2v) is 11.3. The number of fused-ring (bicyclic) bond motifs is 3. The zero-order valence-electron chi connectivity index (χ0n) is 23.8. The topological polar surface area (TPSA) is 72.5 Å². The summed E-state index contributed by atoms with van der Waals surface area (Å²) in [6.45, 7) is 4.03. The lowest BCUT2D eigenvalue weighted by Gasteiger charge is -2.19. The van der Waals surface area contributed by atoms with Gasteiger partial charge in [-0.15, -0.1) is 0 Å². The number of halogens is 1. The van der Waals surface area contributed by atoms with Gasteiger partial charge in [0.05, 0.1) is 22.7 Å². The Balaban J connectivity index is 1.44. The molecule has 0 aliphatic carbocycles. The quantitative estimate of drug-likeness (QED) is 0.214. The molecule has 2 aromatic heterocycles. The van der Waals surface area contributed by atoms with E-state index < -0.39 is 5.97 Å². The molecular weight excluding hydrogens is 536 g/mol. The molecule has 8 heteroatoms. The van der Waals surface area contributed by atoms with E-state index in [0.717, 1.165) is 81.4 Å². The van der Waals surface area contributed by atoms with E-state index in [-0.39, 0.29) is 0 Å². The molecule has 0 saturated heterocycles. The summed E-state index contributed by atoms with van der Waals surface area (Å²) in [5.74, 6) is 0.801. The number of aryl methyl sites for hydroxylation is 3. The Labute approximate surface area is 244 Å². The van der Waals surface area contributed by atoms with Gasteiger partial charge in [-0.05, 0) is 62.1 Å². The Kier molecular flexibility index (Phi) is 7.39. The smallest absolute Gasteiger partial charge is 0.352 e. The van der Waals surface area contributed by atoms with Crippen LogP contribution in [0.25, 0.3) is 32.8 Å². The fourth-order valence-corrected chi connectivity index (χ4v) is 6.50. The number of benzene rings is 3. The van der Waals surface area contributed by atoms with Crippen molar-refractivity contribution >= 4 is 45.1 Å². The molecular formula is C33H35ClN4O3. The van der Waals surface area contributed by atoms with E-state index >= 15 is 0 Å². The SMILES string of the molecule is Cc1c2c(nn1C)N(C)CCCCCn1c(C(=O)O)c(CCCOc3cccc4ccccc34)c3ccc(Cl)c-2c31. The van der Waals surface area contributed by atoms with Crippen molar-refractivity contribution in [1.29, 1.82) is 0 Å². The first kappa shape index (κ1) is 27.2. The molecule has 0 radical (unpaired) electrons. The average Bonchev–Trinajstić information content (AvgIpc) is 3.43. The molecule has 0 saturated carbocycles. The van der Waals surface area contributed by atoms with E-state index in [4.69, 9.17) is 21.4 Å². The maximum atomic E-state index is 12.9. The van der Waals surface area contributed by atoms with Crippen LogP contribution in [0.4, 0.5) is 5.82 Å². The van der Waals surface area contributed by atoms with Crippen LogP contribution in [0.3, 0.4) is 0 Å². The number of nitrogens with zero attached hydrogens (tertiary/aromatic N) is 4. The molecule has 5 aromatic rings. The Hall–Kier alpha value is -3.97. The first-order chi connectivity index (χ1) is 19.9. The van der Waals surface area contributed by atoms with E-state index in [0.29, 0.717) is 36.7 Å². The van der Waals surface area contributed by atoms with Gasteiger partial charge < -0.3 is 19.3 Å². The van der Waals surface area contributed by atoms with Crippen LogP contribution in [0.15, 0.2) is 54.6 Å². The molecule has 0 bridgehead atoms. The number of carboxylic acid groups (broad SMARTS) is 1. The van der Waals surface area contributed by atoms with Gasteiger partial charge in [-0.2, -0.15) is 5.10 Å². The highest BCUT2D eigenvalue weighted by atomic mass is 35.5. The number of anilines is 1. The van der Waals surface area contributed by atoms with Gasteiger partial charge in [-0.25, -0.2) is 4.79 Å². The monoisotopic (exact) mass is 570 g/mol. The van der Waals surface area contributed by atoms with Crippen molar-refractivity contribution in [3.05, 3.63) is 76.6 Å². The van der Waals surface area contributed by atoms with Crippen molar-refractivity contribution in [3.63, 3.8) is 0 Å². The van der Waals surface area contributed by atoms with Crippen molar-refractivity contribution in [2.24, 2.45) is 7.05 Å². The Morgan fingerprint density at radius 2 is 1.76 bits per heavy atom. The molecule has 0 unspecified atom stereocenters. The largest absolute Gasteiger partial charge is 0.493 e. The second kappa shape index (κ2) is 11.1. The number of aromatic carboxylic acids is 1. The summed E-state index contributed by atoms with van der Waals surface area (Å²) in [7, 11) is 4.01. The predicted octanol–water partition coefficient (Wildman–Crippen LogP) is 7.49. The van der Waals surface area contributed by atoms with Crippen LogP contribution in [0.1, 0.15) is 47.4 Å². The number of carbonyl (C=O) groups is 1. The van der Waals surface area contributed by atoms with Gasteiger partial charge in [0.25, 0.3) is 0 Å². The van der Waals surface area contributed by atoms with Crippen molar-refractivity contribution in [2.75, 3.05) is 25.1 Å². The summed E-state index contributed by atoms with van der Waals surface area (Å²) in [6, 6.07) is 18.1. The Morgan fingerprint density at radius 3 is 2.59 bits per heavy atom. The lowest BCUT2D eigenvalue weighted by molar-refractivity contribution is 0.0684. The van der Waals surface area contributed by atoms with Crippen LogP contribution in [0, 0.1) is 6.92 Å². The molecule has 1 aliphatic rings. The van der Waals surface area contributed by atoms with Crippen molar-refractivity contribution in [1.82, 2.24) is 14.3 Å². The van der Waals surface area contributed by atoms with Crippen molar-refractivity contribution in [2.45, 2.75) is 45.6 Å². The fraction of sp³-hybridized carbons (Fsp3) is 0.333. The minimum Gasteiger partial charge on any atom is -0.493 e. The number of ether oxygens (including phenoxy) is 1. The third-order valence-corrected chi connectivity index (χ3v) is 8.68. The summed E-state index contributed by atoms with van der Waals surface area (Å²) in [6.07, 6.45) is 4.14. The standard InChI is InChI=1S/C33H35ClN4O3/c1-21-28-29-26(34)17-16-25-24(14-10-20-41-27-15-9-12-22-11-5-6-13-23(22)27)31(33(39)40)38(30(25)29)19-8-4-7-18-36(2)32(28)35-37(21)3/h5-6,9,11-13,15-17H,4,7-8,10,14,18-20H2,1-3H3,(H,39,40). The van der Waals surface area contributed by atoms with Crippen molar-refractivity contribution < 1.29 is 14.6 Å². The van der Waals surface area contributed by atoms with Crippen LogP contribution in [0.5, 0.6) is 5.75 Å². The van der Waals surface area contributed by atoms with Gasteiger partial charge in [-0.3, -0.25) is 4.68 Å². The van der Waals surface area contributed by atoms with E-state index in [1.165, 1.54) is 0 Å². The van der Waals surface area contributed by atoms with Gasteiger partial charge in [0, 0.05) is 49.2 Å². The lowest BCUT2D eigenvalue weighted by Crippen LogP contribution is -2.19. The molecule has 0 fully saturated rings. The molecule has 7 nitrogen and oxygen atoms in total. The van der Waals surface area contributed by atoms with Crippen LogP contribution >= 0.6 is 11.6 Å². The second-order valence-electron chi connectivity index (χ2n) is 10.9. The average molecular weight is 571 g/mol. The van der Waals surface area contributed by atoms with Crippen LogP contribution in [-0.2, 0) is 20.0 Å². The summed E-state index contributed by atoms with van der Waals surface area (Å²) in [5.41, 5.74) is 4.89. The van der Waals surface area contributed by atoms with Gasteiger partial charge in [0.1, 0.15) is 11.4 Å². The maximum absolute atomic E-state index is 12.9.